The number of amides is 1. The molecule has 0 radical (unpaired) electrons. The molecule has 4 atom stereocenters. The van der Waals surface area contributed by atoms with Crippen LogP contribution in [0.3, 0.4) is 0 Å². The summed E-state index contributed by atoms with van der Waals surface area (Å²) in [6, 6.07) is 20.6. The third-order valence-corrected chi connectivity index (χ3v) is 9.67. The highest BCUT2D eigenvalue weighted by Gasteiger charge is 2.70. The summed E-state index contributed by atoms with van der Waals surface area (Å²) in [6.45, 7) is 3.97. The lowest BCUT2D eigenvalue weighted by atomic mass is 9.64. The summed E-state index contributed by atoms with van der Waals surface area (Å²) in [6.07, 6.45) is 2.00. The first kappa shape index (κ1) is 26.0. The van der Waals surface area contributed by atoms with Gasteiger partial charge in [0.25, 0.3) is 5.69 Å². The maximum Gasteiger partial charge on any atom is 0.270 e. The fourth-order valence-corrected chi connectivity index (χ4v) is 7.76. The molecule has 4 heterocycles. The van der Waals surface area contributed by atoms with Crippen LogP contribution in [0.2, 0.25) is 0 Å². The van der Waals surface area contributed by atoms with Gasteiger partial charge >= 0.3 is 0 Å². The molecule has 208 valence electrons. The highest BCUT2D eigenvalue weighted by molar-refractivity contribution is 7.12. The molecule has 1 fully saturated rings. The third kappa shape index (κ3) is 3.50. The minimum Gasteiger partial charge on any atom is -0.352 e. The number of aryl methyl sites for hydroxylation is 1. The molecule has 7 rings (SSSR count). The number of carbonyl (C=O) groups is 3. The molecule has 0 saturated carbocycles. The minimum absolute atomic E-state index is 0.0828. The summed E-state index contributed by atoms with van der Waals surface area (Å²) < 4.78 is 0. The van der Waals surface area contributed by atoms with Crippen molar-refractivity contribution in [3.63, 3.8) is 0 Å². The summed E-state index contributed by atoms with van der Waals surface area (Å²) in [5, 5.41) is 16.5. The lowest BCUT2D eigenvalue weighted by Crippen LogP contribution is -2.51. The number of Topliss-reactive ketones (excluding diaryl/α,β-unsaturated/α-hetero) is 2. The van der Waals surface area contributed by atoms with Gasteiger partial charge in [-0.25, -0.2) is 0 Å². The Morgan fingerprint density at radius 1 is 0.976 bits per heavy atom. The van der Waals surface area contributed by atoms with Gasteiger partial charge in [0, 0.05) is 34.6 Å². The fraction of sp³-hybridized carbons (Fsp3) is 0.182. The zero-order chi connectivity index (χ0) is 29.3. The maximum absolute atomic E-state index is 14.8. The lowest BCUT2D eigenvalue weighted by Gasteiger charge is -2.39. The summed E-state index contributed by atoms with van der Waals surface area (Å²) >= 11 is 1.28. The van der Waals surface area contributed by atoms with Gasteiger partial charge in [0.1, 0.15) is 11.5 Å². The summed E-state index contributed by atoms with van der Waals surface area (Å²) in [5.74, 6) is -2.32. The average molecular weight is 576 g/mol. The van der Waals surface area contributed by atoms with Crippen molar-refractivity contribution in [1.29, 1.82) is 0 Å². The summed E-state index contributed by atoms with van der Waals surface area (Å²) in [7, 11) is 0. The lowest BCUT2D eigenvalue weighted by molar-refractivity contribution is -0.384. The van der Waals surface area contributed by atoms with Crippen LogP contribution in [0.15, 0.2) is 90.3 Å². The molecule has 8 nitrogen and oxygen atoms in total. The van der Waals surface area contributed by atoms with Crippen molar-refractivity contribution in [2.24, 2.45) is 5.92 Å². The topological polar surface area (TPSA) is 110 Å². The van der Waals surface area contributed by atoms with E-state index in [2.05, 4.69) is 11.4 Å². The number of para-hydroxylation sites is 1. The van der Waals surface area contributed by atoms with E-state index in [0.29, 0.717) is 16.1 Å². The second kappa shape index (κ2) is 9.32. The zero-order valence-electron chi connectivity index (χ0n) is 22.7. The fourth-order valence-electron chi connectivity index (χ4n) is 7.06. The second-order valence-electron chi connectivity index (χ2n) is 11.0. The predicted octanol–water partition coefficient (Wildman–Crippen LogP) is 6.21. The van der Waals surface area contributed by atoms with E-state index in [4.69, 9.17) is 0 Å². The van der Waals surface area contributed by atoms with Crippen molar-refractivity contribution in [3.05, 3.63) is 128 Å². The number of nitrogens with one attached hydrogen (secondary N) is 1. The number of fused-ring (bicyclic) bond motifs is 6. The predicted molar refractivity (Wildman–Crippen MR) is 161 cm³/mol. The Labute approximate surface area is 245 Å². The van der Waals surface area contributed by atoms with Crippen LogP contribution in [0.4, 0.5) is 17.1 Å². The van der Waals surface area contributed by atoms with Gasteiger partial charge in [-0.3, -0.25) is 24.5 Å². The third-order valence-electron chi connectivity index (χ3n) is 8.79. The molecule has 3 aromatic carbocycles. The van der Waals surface area contributed by atoms with E-state index >= 15 is 0 Å². The molecule has 0 aliphatic carbocycles. The molecular formula is C33H25N3O5S. The number of non-ortho nitro benzene ring substituents is 1. The minimum atomic E-state index is -1.47. The Hall–Kier alpha value is -4.89. The number of ketones is 2. The molecule has 42 heavy (non-hydrogen) atoms. The summed E-state index contributed by atoms with van der Waals surface area (Å²) in [4.78, 5) is 57.3. The molecule has 0 bridgehead atoms. The van der Waals surface area contributed by atoms with Crippen molar-refractivity contribution < 1.29 is 19.3 Å². The normalized spacial score (nSPS) is 23.6. The standard InChI is InChI=1S/C33H25N3O5S/c1-18-12-13-25-22(15-18)19(2)16-27-33(23-9-3-4-10-24(23)34-32(33)39)28(29(35(25)27)31(38)26-11-6-14-42-26)30(37)20-7-5-8-21(17-20)36(40)41/h3-17,27-29H,1-2H3,(H,34,39)/t27-,28-,29-,33+/m0/s1. The number of allylic oxidation sites excluding steroid dienone is 1. The van der Waals surface area contributed by atoms with Crippen molar-refractivity contribution in [1.82, 2.24) is 0 Å². The smallest absolute Gasteiger partial charge is 0.270 e. The number of nitrogens with zero attached hydrogens (tertiary/aromatic N) is 2. The molecule has 1 aromatic heterocycles. The Bertz CT molecular complexity index is 1860. The van der Waals surface area contributed by atoms with Gasteiger partial charge < -0.3 is 10.2 Å². The van der Waals surface area contributed by atoms with Crippen LogP contribution in [0.1, 0.15) is 43.6 Å². The van der Waals surface area contributed by atoms with Gasteiger partial charge in [-0.05, 0) is 54.6 Å². The largest absolute Gasteiger partial charge is 0.352 e. The van der Waals surface area contributed by atoms with Crippen LogP contribution < -0.4 is 10.2 Å². The van der Waals surface area contributed by atoms with Crippen LogP contribution >= 0.6 is 11.3 Å². The van der Waals surface area contributed by atoms with Gasteiger partial charge in [-0.2, -0.15) is 0 Å². The Kier molecular flexibility index (Phi) is 5.78. The highest BCUT2D eigenvalue weighted by atomic mass is 32.1. The first-order valence-corrected chi connectivity index (χ1v) is 14.5. The number of nitro groups is 1. The van der Waals surface area contributed by atoms with Crippen LogP contribution in [-0.4, -0.2) is 34.5 Å². The number of rotatable bonds is 5. The van der Waals surface area contributed by atoms with Crippen LogP contribution in [0.5, 0.6) is 0 Å². The van der Waals surface area contributed by atoms with E-state index < -0.39 is 34.1 Å². The monoisotopic (exact) mass is 575 g/mol. The molecule has 1 amide bonds. The molecule has 0 unspecified atom stereocenters. The van der Waals surface area contributed by atoms with E-state index in [-0.39, 0.29) is 22.9 Å². The summed E-state index contributed by atoms with van der Waals surface area (Å²) in [5.41, 5.74) is 3.28. The first-order valence-electron chi connectivity index (χ1n) is 13.6. The van der Waals surface area contributed by atoms with Crippen LogP contribution in [-0.2, 0) is 10.2 Å². The van der Waals surface area contributed by atoms with Crippen LogP contribution in [0, 0.1) is 23.0 Å². The van der Waals surface area contributed by atoms with Gasteiger partial charge in [-0.1, -0.05) is 54.1 Å². The van der Waals surface area contributed by atoms with Gasteiger partial charge in [0.05, 0.1) is 21.8 Å². The number of nitro benzene ring substituents is 1. The number of benzene rings is 3. The molecule has 3 aliphatic rings. The number of hydrogen-bond acceptors (Lipinski definition) is 7. The molecule has 3 aliphatic heterocycles. The molecular weight excluding hydrogens is 550 g/mol. The SMILES string of the molecule is CC1=C[C@@H]2N(c3ccc(C)cc31)[C@H](C(=O)c1cccs1)[C@@H](C(=O)c1cccc([N+](=O)[O-])c1)[C@]21C(=O)Nc2ccccc21. The zero-order valence-corrected chi connectivity index (χ0v) is 23.6. The number of anilines is 2. The van der Waals surface area contributed by atoms with Gasteiger partial charge in [0.15, 0.2) is 11.6 Å². The Balaban J connectivity index is 1.56. The van der Waals surface area contributed by atoms with Crippen molar-refractivity contribution >= 4 is 51.4 Å². The van der Waals surface area contributed by atoms with Gasteiger partial charge in [-0.15, -0.1) is 11.3 Å². The molecule has 9 heteroatoms. The Morgan fingerprint density at radius 3 is 2.55 bits per heavy atom. The van der Waals surface area contributed by atoms with Gasteiger partial charge in [0.2, 0.25) is 5.91 Å². The molecule has 1 spiro atoms. The van der Waals surface area contributed by atoms with Crippen molar-refractivity contribution in [2.75, 3.05) is 10.2 Å². The quantitative estimate of drug-likeness (QED) is 0.172. The Morgan fingerprint density at radius 2 is 1.79 bits per heavy atom. The van der Waals surface area contributed by atoms with Crippen LogP contribution in [0.25, 0.3) is 5.57 Å². The maximum atomic E-state index is 14.8. The van der Waals surface area contributed by atoms with Crippen molar-refractivity contribution in [2.45, 2.75) is 31.3 Å². The van der Waals surface area contributed by atoms with E-state index in [0.717, 1.165) is 22.4 Å². The first-order chi connectivity index (χ1) is 20.2. The van der Waals surface area contributed by atoms with Crippen molar-refractivity contribution in [3.8, 4) is 0 Å². The number of hydrogen-bond donors (Lipinski definition) is 1. The molecule has 1 saturated heterocycles. The molecule has 4 aromatic rings. The van der Waals surface area contributed by atoms with E-state index in [9.17, 15) is 24.5 Å². The average Bonchev–Trinajstić information content (AvgIpc) is 3.70. The number of thiophene rings is 1. The second-order valence-corrected chi connectivity index (χ2v) is 12.0. The molecule has 1 N–H and O–H groups in total. The van der Waals surface area contributed by atoms with E-state index in [1.165, 1.54) is 35.6 Å². The van der Waals surface area contributed by atoms with E-state index in [1.807, 2.05) is 60.5 Å². The highest BCUT2D eigenvalue weighted by Crippen LogP contribution is 2.59. The van der Waals surface area contributed by atoms with E-state index in [1.54, 1.807) is 18.2 Å². The number of carbonyl (C=O) groups excluding carboxylic acids is 3.